The maximum atomic E-state index is 5.05. The smallest absolute Gasteiger partial charge is 0.336 e. The maximum absolute atomic E-state index is 5.05. The maximum Gasteiger partial charge on any atom is 0.336 e. The van der Waals surface area contributed by atoms with Crippen molar-refractivity contribution in [1.82, 2.24) is 15.0 Å². The molecule has 1 aromatic heterocycles. The lowest BCUT2D eigenvalue weighted by atomic mass is 10.00. The van der Waals surface area contributed by atoms with Crippen LogP contribution in [0.15, 0.2) is 0 Å². The minimum atomic E-state index is 0. The molecule has 0 aromatic carbocycles. The molecule has 0 spiro atoms. The summed E-state index contributed by atoms with van der Waals surface area (Å²) in [5.41, 5.74) is 0. The van der Waals surface area contributed by atoms with E-state index >= 15 is 0 Å². The average molecular weight is 275 g/mol. The number of aromatic nitrogens is 3. The second-order valence-corrected chi connectivity index (χ2v) is 4.42. The van der Waals surface area contributed by atoms with Crippen molar-refractivity contribution in [2.24, 2.45) is 5.92 Å². The van der Waals surface area contributed by atoms with E-state index in [9.17, 15) is 0 Å². The molecule has 0 aliphatic carbocycles. The molecule has 6 nitrogen and oxygen atoms in total. The van der Waals surface area contributed by atoms with Gasteiger partial charge in [-0.15, -0.1) is 15.0 Å². The monoisotopic (exact) mass is 274 g/mol. The summed E-state index contributed by atoms with van der Waals surface area (Å²) < 4.78 is 10.1. The molecule has 1 fully saturated rings. The second kappa shape index (κ2) is 6.70. The van der Waals surface area contributed by atoms with Crippen LogP contribution in [0, 0.1) is 5.92 Å². The third kappa shape index (κ3) is 3.43. The number of hydrogen-bond donors (Lipinski definition) is 1. The number of rotatable bonds is 3. The molecule has 1 aromatic rings. The number of quaternary nitrogens is 1. The van der Waals surface area contributed by atoms with Gasteiger partial charge in [-0.2, -0.15) is 0 Å². The van der Waals surface area contributed by atoms with Gasteiger partial charge in [-0.25, -0.2) is 0 Å². The molecule has 0 saturated carbocycles. The van der Waals surface area contributed by atoms with E-state index < -0.39 is 0 Å². The average Bonchev–Trinajstić information content (AvgIpc) is 2.39. The Morgan fingerprint density at radius 1 is 1.00 bits per heavy atom. The predicted octanol–water partition coefficient (Wildman–Crippen LogP) is -3.16. The van der Waals surface area contributed by atoms with Crippen LogP contribution in [0.4, 0.5) is 5.95 Å². The fourth-order valence-electron chi connectivity index (χ4n) is 2.01. The Balaban J connectivity index is 0.00000162. The van der Waals surface area contributed by atoms with Gasteiger partial charge in [-0.05, 0) is 18.8 Å². The zero-order valence-corrected chi connectivity index (χ0v) is 11.7. The molecule has 1 aliphatic rings. The Labute approximate surface area is 113 Å². The van der Waals surface area contributed by atoms with Gasteiger partial charge in [-0.1, -0.05) is 6.92 Å². The van der Waals surface area contributed by atoms with Crippen molar-refractivity contribution >= 4 is 5.95 Å². The van der Waals surface area contributed by atoms with Crippen molar-refractivity contribution in [3.63, 3.8) is 0 Å². The van der Waals surface area contributed by atoms with Crippen LogP contribution in [-0.2, 0) is 0 Å². The molecule has 7 heteroatoms. The van der Waals surface area contributed by atoms with Crippen LogP contribution in [-0.4, -0.2) is 42.3 Å². The molecule has 2 rings (SSSR count). The molecule has 0 radical (unpaired) electrons. The Morgan fingerprint density at radius 3 is 1.94 bits per heavy atom. The van der Waals surface area contributed by atoms with Gasteiger partial charge < -0.3 is 21.9 Å². The van der Waals surface area contributed by atoms with Crippen molar-refractivity contribution < 1.29 is 26.8 Å². The summed E-state index contributed by atoms with van der Waals surface area (Å²) >= 11 is 0. The number of hydrogen-bond acceptors (Lipinski definition) is 5. The van der Waals surface area contributed by atoms with Crippen molar-refractivity contribution in [2.75, 3.05) is 27.3 Å². The molecule has 0 bridgehead atoms. The van der Waals surface area contributed by atoms with E-state index in [1.807, 2.05) is 0 Å². The summed E-state index contributed by atoms with van der Waals surface area (Å²) in [6.07, 6.45) is 2.40. The highest BCUT2D eigenvalue weighted by Gasteiger charge is 2.24. The number of nitrogens with zero attached hydrogens (tertiary/aromatic N) is 3. The van der Waals surface area contributed by atoms with E-state index in [2.05, 4.69) is 21.9 Å². The third-order valence-electron chi connectivity index (χ3n) is 3.15. The lowest BCUT2D eigenvalue weighted by molar-refractivity contribution is -0.844. The van der Waals surface area contributed by atoms with E-state index in [1.165, 1.54) is 17.7 Å². The summed E-state index contributed by atoms with van der Waals surface area (Å²) in [6, 6.07) is 0.635. The van der Waals surface area contributed by atoms with E-state index in [-0.39, 0.29) is 12.4 Å². The Morgan fingerprint density at radius 2 is 1.50 bits per heavy atom. The minimum Gasteiger partial charge on any atom is -1.00 e. The first kappa shape index (κ1) is 14.9. The third-order valence-corrected chi connectivity index (χ3v) is 3.15. The van der Waals surface area contributed by atoms with Crippen LogP contribution >= 0.6 is 0 Å². The van der Waals surface area contributed by atoms with Gasteiger partial charge in [0.2, 0.25) is 0 Å². The largest absolute Gasteiger partial charge is 1.00 e. The molecule has 0 atom stereocenters. The molecule has 1 N–H and O–H groups in total. The van der Waals surface area contributed by atoms with Gasteiger partial charge in [0.1, 0.15) is 0 Å². The number of ether oxygens (including phenoxy) is 2. The van der Waals surface area contributed by atoms with Crippen molar-refractivity contribution in [3.05, 3.63) is 0 Å². The van der Waals surface area contributed by atoms with Gasteiger partial charge in [0.05, 0.1) is 27.3 Å². The number of piperidine rings is 1. The van der Waals surface area contributed by atoms with Gasteiger partial charge in [0.15, 0.2) is 0 Å². The van der Waals surface area contributed by atoms with Crippen LogP contribution in [0.3, 0.4) is 0 Å². The molecule has 102 valence electrons. The number of methoxy groups -OCH3 is 2. The lowest BCUT2D eigenvalue weighted by Crippen LogP contribution is -3.09. The summed E-state index contributed by atoms with van der Waals surface area (Å²) in [5.74, 6) is 1.52. The minimum absolute atomic E-state index is 0. The van der Waals surface area contributed by atoms with Crippen LogP contribution in [0.2, 0.25) is 0 Å². The van der Waals surface area contributed by atoms with Crippen LogP contribution in [0.25, 0.3) is 0 Å². The molecule has 0 amide bonds. The second-order valence-electron chi connectivity index (χ2n) is 4.42. The fourth-order valence-corrected chi connectivity index (χ4v) is 2.01. The Bertz CT molecular complexity index is 361. The first-order valence-corrected chi connectivity index (χ1v) is 5.92. The van der Waals surface area contributed by atoms with Gasteiger partial charge in [-0.3, -0.25) is 4.90 Å². The highest BCUT2D eigenvalue weighted by Crippen LogP contribution is 2.12. The van der Waals surface area contributed by atoms with Crippen LogP contribution < -0.4 is 26.8 Å². The molecule has 2 heterocycles. The molecule has 1 saturated heterocycles. The van der Waals surface area contributed by atoms with E-state index in [1.54, 1.807) is 14.2 Å². The normalized spacial score (nSPS) is 23.1. The fraction of sp³-hybridized carbons (Fsp3) is 0.727. The van der Waals surface area contributed by atoms with Gasteiger partial charge >= 0.3 is 18.0 Å². The van der Waals surface area contributed by atoms with Crippen LogP contribution in [0.1, 0.15) is 19.8 Å². The zero-order valence-electron chi connectivity index (χ0n) is 10.9. The van der Waals surface area contributed by atoms with Crippen molar-refractivity contribution in [2.45, 2.75) is 19.8 Å². The number of nitrogens with one attached hydrogen (secondary N) is 1. The first-order valence-electron chi connectivity index (χ1n) is 5.92. The van der Waals surface area contributed by atoms with E-state index in [0.717, 1.165) is 25.0 Å². The SMILES string of the molecule is COc1nc(OC)nc([NH+]2CCC(C)CC2)n1.[Cl-]. The highest BCUT2D eigenvalue weighted by atomic mass is 35.5. The van der Waals surface area contributed by atoms with Crippen LogP contribution in [0.5, 0.6) is 12.0 Å². The topological polar surface area (TPSA) is 61.6 Å². The zero-order chi connectivity index (χ0) is 12.3. The molecular weight excluding hydrogens is 256 g/mol. The first-order chi connectivity index (χ1) is 8.22. The summed E-state index contributed by atoms with van der Waals surface area (Å²) in [4.78, 5) is 13.9. The van der Waals surface area contributed by atoms with Crippen molar-refractivity contribution in [1.29, 1.82) is 0 Å². The molecular formula is C11H19ClN4O2. The molecule has 0 unspecified atom stereocenters. The molecule has 1 aliphatic heterocycles. The Kier molecular flexibility index (Phi) is 5.55. The molecule has 18 heavy (non-hydrogen) atoms. The lowest BCUT2D eigenvalue weighted by Gasteiger charge is -2.25. The van der Waals surface area contributed by atoms with E-state index in [4.69, 9.17) is 9.47 Å². The highest BCUT2D eigenvalue weighted by molar-refractivity contribution is 5.13. The summed E-state index contributed by atoms with van der Waals surface area (Å²) in [7, 11) is 3.10. The predicted molar refractivity (Wildman–Crippen MR) is 61.7 cm³/mol. The summed E-state index contributed by atoms with van der Waals surface area (Å²) in [5, 5.41) is 0. The van der Waals surface area contributed by atoms with Gasteiger partial charge in [0.25, 0.3) is 0 Å². The number of halogens is 1. The standard InChI is InChI=1S/C11H18N4O2.ClH/c1-8-4-6-15(7-5-8)9-12-10(16-2)14-11(13-9)17-3;/h8H,4-7H2,1-3H3;1H. The summed E-state index contributed by atoms with van der Waals surface area (Å²) in [6.45, 7) is 4.39. The van der Waals surface area contributed by atoms with Gasteiger partial charge in [0, 0.05) is 0 Å². The quantitative estimate of drug-likeness (QED) is 0.631. The van der Waals surface area contributed by atoms with E-state index in [0.29, 0.717) is 12.0 Å². The van der Waals surface area contributed by atoms with Crippen molar-refractivity contribution in [3.8, 4) is 12.0 Å². The Hall–Kier alpha value is -1.14.